The summed E-state index contributed by atoms with van der Waals surface area (Å²) in [6, 6.07) is 3.04. The number of hydrogen-bond donors (Lipinski definition) is 1. The van der Waals surface area contributed by atoms with Gasteiger partial charge in [-0.3, -0.25) is 4.40 Å². The molecule has 19 heavy (non-hydrogen) atoms. The highest BCUT2D eigenvalue weighted by Crippen LogP contribution is 2.21. The first-order valence-corrected chi connectivity index (χ1v) is 6.55. The normalized spacial score (nSPS) is 13.0. The smallest absolute Gasteiger partial charge is 0.193 e. The summed E-state index contributed by atoms with van der Waals surface area (Å²) in [6.45, 7) is 0. The average Bonchev–Trinajstić information content (AvgIpc) is 2.88. The van der Waals surface area contributed by atoms with Gasteiger partial charge in [0, 0.05) is 30.3 Å². The predicted molar refractivity (Wildman–Crippen MR) is 68.1 cm³/mol. The van der Waals surface area contributed by atoms with Gasteiger partial charge in [-0.1, -0.05) is 0 Å². The molecular formula is C13H10F2N2OS. The van der Waals surface area contributed by atoms with Crippen LogP contribution >= 0.6 is 11.3 Å². The van der Waals surface area contributed by atoms with Gasteiger partial charge in [0.15, 0.2) is 4.96 Å². The molecule has 3 aromatic rings. The minimum absolute atomic E-state index is 0.217. The van der Waals surface area contributed by atoms with Gasteiger partial charge in [-0.15, -0.1) is 11.3 Å². The van der Waals surface area contributed by atoms with Gasteiger partial charge in [0.05, 0.1) is 11.8 Å². The number of nitrogens with zero attached hydrogens (tertiary/aromatic N) is 2. The summed E-state index contributed by atoms with van der Waals surface area (Å²) in [5.41, 5.74) is 0.901. The van der Waals surface area contributed by atoms with Crippen molar-refractivity contribution in [3.63, 3.8) is 0 Å². The van der Waals surface area contributed by atoms with E-state index < -0.39 is 17.7 Å². The van der Waals surface area contributed by atoms with Crippen molar-refractivity contribution in [3.05, 3.63) is 58.9 Å². The molecule has 0 aliphatic carbocycles. The Labute approximate surface area is 111 Å². The molecule has 1 unspecified atom stereocenters. The molecule has 0 aliphatic rings. The molecule has 0 amide bonds. The maximum absolute atomic E-state index is 13.1. The van der Waals surface area contributed by atoms with Crippen molar-refractivity contribution in [1.29, 1.82) is 0 Å². The van der Waals surface area contributed by atoms with E-state index >= 15 is 0 Å². The van der Waals surface area contributed by atoms with Gasteiger partial charge in [0.1, 0.15) is 11.6 Å². The summed E-state index contributed by atoms with van der Waals surface area (Å²) in [5.74, 6) is -1.39. The molecular weight excluding hydrogens is 270 g/mol. The van der Waals surface area contributed by atoms with Crippen LogP contribution < -0.4 is 0 Å². The summed E-state index contributed by atoms with van der Waals surface area (Å²) in [4.78, 5) is 5.14. The molecule has 2 heterocycles. The van der Waals surface area contributed by atoms with Gasteiger partial charge in [-0.2, -0.15) is 0 Å². The molecule has 0 fully saturated rings. The van der Waals surface area contributed by atoms with Crippen LogP contribution in [0.4, 0.5) is 8.78 Å². The number of aromatic nitrogens is 2. The highest BCUT2D eigenvalue weighted by molar-refractivity contribution is 7.15. The van der Waals surface area contributed by atoms with Crippen LogP contribution in [0.2, 0.25) is 0 Å². The highest BCUT2D eigenvalue weighted by Gasteiger charge is 2.13. The molecule has 0 aliphatic heterocycles. The Morgan fingerprint density at radius 2 is 2.00 bits per heavy atom. The fourth-order valence-corrected chi connectivity index (χ4v) is 2.68. The van der Waals surface area contributed by atoms with E-state index in [9.17, 15) is 13.9 Å². The second-order valence-electron chi connectivity index (χ2n) is 4.25. The van der Waals surface area contributed by atoms with Gasteiger partial charge in [0.25, 0.3) is 0 Å². The summed E-state index contributed by atoms with van der Waals surface area (Å²) in [7, 11) is 0. The van der Waals surface area contributed by atoms with Crippen LogP contribution in [-0.2, 0) is 6.42 Å². The van der Waals surface area contributed by atoms with Crippen LogP contribution in [0.1, 0.15) is 17.4 Å². The number of fused-ring (bicyclic) bond motifs is 1. The SMILES string of the molecule is OC(Cc1cn2ccsc2n1)c1cc(F)cc(F)c1. The van der Waals surface area contributed by atoms with Gasteiger partial charge >= 0.3 is 0 Å². The quantitative estimate of drug-likeness (QED) is 0.801. The number of aliphatic hydroxyl groups is 1. The molecule has 6 heteroatoms. The molecule has 3 rings (SSSR count). The molecule has 0 bridgehead atoms. The lowest BCUT2D eigenvalue weighted by molar-refractivity contribution is 0.176. The van der Waals surface area contributed by atoms with E-state index in [-0.39, 0.29) is 12.0 Å². The predicted octanol–water partition coefficient (Wildman–Crippen LogP) is 2.95. The summed E-state index contributed by atoms with van der Waals surface area (Å²) in [5, 5.41) is 11.9. The molecule has 0 saturated carbocycles. The first-order chi connectivity index (χ1) is 9.11. The molecule has 0 saturated heterocycles. The van der Waals surface area contributed by atoms with Crippen LogP contribution in [0, 0.1) is 11.6 Å². The summed E-state index contributed by atoms with van der Waals surface area (Å²) >= 11 is 1.49. The zero-order valence-electron chi connectivity index (χ0n) is 9.75. The maximum atomic E-state index is 13.1. The Hall–Kier alpha value is -1.79. The third-order valence-electron chi connectivity index (χ3n) is 2.82. The maximum Gasteiger partial charge on any atom is 0.193 e. The number of rotatable bonds is 3. The zero-order chi connectivity index (χ0) is 13.4. The van der Waals surface area contributed by atoms with Crippen LogP contribution in [-0.4, -0.2) is 14.5 Å². The lowest BCUT2D eigenvalue weighted by Gasteiger charge is -2.09. The molecule has 3 nitrogen and oxygen atoms in total. The lowest BCUT2D eigenvalue weighted by Crippen LogP contribution is -2.03. The van der Waals surface area contributed by atoms with Crippen molar-refractivity contribution in [2.24, 2.45) is 0 Å². The molecule has 98 valence electrons. The largest absolute Gasteiger partial charge is 0.388 e. The fraction of sp³-hybridized carbons (Fsp3) is 0.154. The number of halogens is 2. The van der Waals surface area contributed by atoms with Crippen LogP contribution in [0.5, 0.6) is 0 Å². The standard InChI is InChI=1S/C13H10F2N2OS/c14-9-3-8(4-10(15)5-9)12(18)6-11-7-17-1-2-19-13(17)16-11/h1-5,7,12,18H,6H2. The first-order valence-electron chi connectivity index (χ1n) is 5.67. The average molecular weight is 280 g/mol. The third kappa shape index (κ3) is 2.50. The molecule has 0 radical (unpaired) electrons. The van der Waals surface area contributed by atoms with E-state index in [1.165, 1.54) is 11.3 Å². The van der Waals surface area contributed by atoms with Crippen LogP contribution in [0.15, 0.2) is 36.0 Å². The van der Waals surface area contributed by atoms with Crippen molar-refractivity contribution >= 4 is 16.3 Å². The molecule has 1 N–H and O–H groups in total. The van der Waals surface area contributed by atoms with Gasteiger partial charge in [0.2, 0.25) is 0 Å². The minimum atomic E-state index is -0.977. The lowest BCUT2D eigenvalue weighted by atomic mass is 10.1. The zero-order valence-corrected chi connectivity index (χ0v) is 10.6. The Kier molecular flexibility index (Phi) is 3.04. The van der Waals surface area contributed by atoms with Gasteiger partial charge in [-0.25, -0.2) is 13.8 Å². The third-order valence-corrected chi connectivity index (χ3v) is 3.59. The van der Waals surface area contributed by atoms with Gasteiger partial charge < -0.3 is 5.11 Å². The number of aliphatic hydroxyl groups excluding tert-OH is 1. The van der Waals surface area contributed by atoms with E-state index in [1.807, 2.05) is 16.0 Å². The minimum Gasteiger partial charge on any atom is -0.388 e. The van der Waals surface area contributed by atoms with Crippen molar-refractivity contribution in [2.45, 2.75) is 12.5 Å². The van der Waals surface area contributed by atoms with Crippen molar-refractivity contribution in [2.75, 3.05) is 0 Å². The van der Waals surface area contributed by atoms with E-state index in [0.29, 0.717) is 5.69 Å². The highest BCUT2D eigenvalue weighted by atomic mass is 32.1. The van der Waals surface area contributed by atoms with E-state index in [1.54, 1.807) is 6.20 Å². The van der Waals surface area contributed by atoms with E-state index in [4.69, 9.17) is 0 Å². The topological polar surface area (TPSA) is 37.5 Å². The number of thiazole rings is 1. The van der Waals surface area contributed by atoms with Crippen LogP contribution in [0.3, 0.4) is 0 Å². The van der Waals surface area contributed by atoms with Crippen molar-refractivity contribution in [3.8, 4) is 0 Å². The summed E-state index contributed by atoms with van der Waals surface area (Å²) in [6.07, 6.45) is 2.90. The van der Waals surface area contributed by atoms with Gasteiger partial charge in [-0.05, 0) is 17.7 Å². The van der Waals surface area contributed by atoms with E-state index in [2.05, 4.69) is 4.98 Å². The first kappa shape index (κ1) is 12.3. The second-order valence-corrected chi connectivity index (χ2v) is 5.12. The van der Waals surface area contributed by atoms with Crippen LogP contribution in [0.25, 0.3) is 4.96 Å². The Morgan fingerprint density at radius 3 is 2.68 bits per heavy atom. The second kappa shape index (κ2) is 4.71. The number of imidazole rings is 1. The Balaban J connectivity index is 1.84. The molecule has 1 atom stereocenters. The van der Waals surface area contributed by atoms with Crippen molar-refractivity contribution < 1.29 is 13.9 Å². The van der Waals surface area contributed by atoms with Crippen molar-refractivity contribution in [1.82, 2.24) is 9.38 Å². The summed E-state index contributed by atoms with van der Waals surface area (Å²) < 4.78 is 28.0. The number of hydrogen-bond acceptors (Lipinski definition) is 3. The monoisotopic (exact) mass is 280 g/mol. The number of benzene rings is 1. The Morgan fingerprint density at radius 1 is 1.26 bits per heavy atom. The molecule has 1 aromatic carbocycles. The fourth-order valence-electron chi connectivity index (χ4n) is 1.96. The molecule has 0 spiro atoms. The Bertz CT molecular complexity index is 674. The molecule has 2 aromatic heterocycles. The van der Waals surface area contributed by atoms with E-state index in [0.717, 1.165) is 23.2 Å².